The first-order valence-corrected chi connectivity index (χ1v) is 6.17. The second-order valence-corrected chi connectivity index (χ2v) is 4.66. The van der Waals surface area contributed by atoms with E-state index in [2.05, 4.69) is 0 Å². The molecule has 0 bridgehead atoms. The summed E-state index contributed by atoms with van der Waals surface area (Å²) in [5.41, 5.74) is 1.10. The van der Waals surface area contributed by atoms with E-state index in [9.17, 15) is 9.18 Å². The van der Waals surface area contributed by atoms with Crippen LogP contribution in [0.1, 0.15) is 15.9 Å². The van der Waals surface area contributed by atoms with Crippen molar-refractivity contribution in [2.75, 3.05) is 0 Å². The standard InChI is InChI=1S/C14H9Cl2FO2/c15-11-3-1-10(6-13(11)17)8-19-14-4-2-9(7-18)5-12(14)16/h1-7H,8H2. The number of hydrogen-bond acceptors (Lipinski definition) is 2. The number of aldehydes is 1. The highest BCUT2D eigenvalue weighted by Gasteiger charge is 2.05. The van der Waals surface area contributed by atoms with Crippen LogP contribution in [0.15, 0.2) is 36.4 Å². The van der Waals surface area contributed by atoms with E-state index >= 15 is 0 Å². The van der Waals surface area contributed by atoms with Crippen molar-refractivity contribution in [2.45, 2.75) is 6.61 Å². The average molecular weight is 299 g/mol. The Bertz CT molecular complexity index is 614. The molecule has 98 valence electrons. The molecule has 0 aliphatic rings. The predicted molar refractivity (Wildman–Crippen MR) is 72.6 cm³/mol. The van der Waals surface area contributed by atoms with Gasteiger partial charge in [-0.2, -0.15) is 0 Å². The second kappa shape index (κ2) is 6.04. The summed E-state index contributed by atoms with van der Waals surface area (Å²) < 4.78 is 18.7. The van der Waals surface area contributed by atoms with Gasteiger partial charge in [-0.1, -0.05) is 29.3 Å². The molecule has 2 rings (SSSR count). The first kappa shape index (κ1) is 13.8. The van der Waals surface area contributed by atoms with Crippen LogP contribution in [0.3, 0.4) is 0 Å². The van der Waals surface area contributed by atoms with Gasteiger partial charge in [-0.15, -0.1) is 0 Å². The molecule has 0 amide bonds. The molecule has 0 heterocycles. The van der Waals surface area contributed by atoms with Gasteiger partial charge in [-0.3, -0.25) is 4.79 Å². The fraction of sp³-hybridized carbons (Fsp3) is 0.0714. The molecule has 0 N–H and O–H groups in total. The Morgan fingerprint density at radius 3 is 2.53 bits per heavy atom. The van der Waals surface area contributed by atoms with Crippen LogP contribution in [0.5, 0.6) is 5.75 Å². The molecule has 0 radical (unpaired) electrons. The van der Waals surface area contributed by atoms with Gasteiger partial charge >= 0.3 is 0 Å². The third kappa shape index (κ3) is 3.46. The maximum absolute atomic E-state index is 13.2. The summed E-state index contributed by atoms with van der Waals surface area (Å²) in [5.74, 6) is -0.0622. The lowest BCUT2D eigenvalue weighted by molar-refractivity contribution is 0.112. The number of carbonyl (C=O) groups excluding carboxylic acids is 1. The number of benzene rings is 2. The Morgan fingerprint density at radius 1 is 1.11 bits per heavy atom. The van der Waals surface area contributed by atoms with E-state index in [1.54, 1.807) is 18.2 Å². The SMILES string of the molecule is O=Cc1ccc(OCc2ccc(Cl)c(F)c2)c(Cl)c1. The van der Waals surface area contributed by atoms with Crippen LogP contribution in [-0.2, 0) is 6.61 Å². The zero-order valence-corrected chi connectivity index (χ0v) is 11.2. The van der Waals surface area contributed by atoms with Gasteiger partial charge in [-0.05, 0) is 35.9 Å². The van der Waals surface area contributed by atoms with Gasteiger partial charge in [0.25, 0.3) is 0 Å². The van der Waals surface area contributed by atoms with Gasteiger partial charge in [0.1, 0.15) is 24.5 Å². The first-order valence-electron chi connectivity index (χ1n) is 5.41. The molecular weight excluding hydrogens is 290 g/mol. The lowest BCUT2D eigenvalue weighted by Crippen LogP contribution is -1.97. The molecule has 19 heavy (non-hydrogen) atoms. The molecular formula is C14H9Cl2FO2. The lowest BCUT2D eigenvalue weighted by atomic mass is 10.2. The molecule has 0 saturated heterocycles. The molecule has 0 aliphatic carbocycles. The highest BCUT2D eigenvalue weighted by atomic mass is 35.5. The van der Waals surface area contributed by atoms with Crippen LogP contribution >= 0.6 is 23.2 Å². The molecule has 5 heteroatoms. The number of hydrogen-bond donors (Lipinski definition) is 0. The van der Waals surface area contributed by atoms with Gasteiger partial charge in [0.05, 0.1) is 10.0 Å². The Morgan fingerprint density at radius 2 is 1.89 bits per heavy atom. The molecule has 0 spiro atoms. The Balaban J connectivity index is 2.09. The predicted octanol–water partition coefficient (Wildman–Crippen LogP) is 4.52. The summed E-state index contributed by atoms with van der Waals surface area (Å²) in [5, 5.41) is 0.399. The number of halogens is 3. The molecule has 2 aromatic rings. The Kier molecular flexibility index (Phi) is 4.40. The Labute approximate surface area is 119 Å². The summed E-state index contributed by atoms with van der Waals surface area (Å²) >= 11 is 11.5. The zero-order chi connectivity index (χ0) is 13.8. The first-order chi connectivity index (χ1) is 9.10. The maximum atomic E-state index is 13.2. The fourth-order valence-electron chi connectivity index (χ4n) is 1.50. The minimum absolute atomic E-state index is 0.0668. The summed E-state index contributed by atoms with van der Waals surface area (Å²) in [6.45, 7) is 0.161. The van der Waals surface area contributed by atoms with Gasteiger partial charge in [0.15, 0.2) is 0 Å². The van der Waals surface area contributed by atoms with E-state index in [4.69, 9.17) is 27.9 Å². The second-order valence-electron chi connectivity index (χ2n) is 3.84. The highest BCUT2D eigenvalue weighted by Crippen LogP contribution is 2.26. The van der Waals surface area contributed by atoms with E-state index in [1.165, 1.54) is 18.2 Å². The Hall–Kier alpha value is -1.58. The topological polar surface area (TPSA) is 26.3 Å². The lowest BCUT2D eigenvalue weighted by Gasteiger charge is -2.08. The van der Waals surface area contributed by atoms with E-state index in [0.29, 0.717) is 28.2 Å². The summed E-state index contributed by atoms with van der Waals surface area (Å²) in [6.07, 6.45) is 0.699. The summed E-state index contributed by atoms with van der Waals surface area (Å²) in [4.78, 5) is 10.6. The van der Waals surface area contributed by atoms with E-state index in [-0.39, 0.29) is 11.6 Å². The zero-order valence-electron chi connectivity index (χ0n) is 9.70. The van der Waals surface area contributed by atoms with Crippen LogP contribution in [0.2, 0.25) is 10.0 Å². The monoisotopic (exact) mass is 298 g/mol. The van der Waals surface area contributed by atoms with Crippen molar-refractivity contribution >= 4 is 29.5 Å². The quantitative estimate of drug-likeness (QED) is 0.776. The largest absolute Gasteiger partial charge is 0.487 e. The van der Waals surface area contributed by atoms with Crippen molar-refractivity contribution in [1.29, 1.82) is 0 Å². The molecule has 0 fully saturated rings. The summed E-state index contributed by atoms with van der Waals surface area (Å²) in [7, 11) is 0. The molecule has 2 aromatic carbocycles. The van der Waals surface area contributed by atoms with Gasteiger partial charge in [-0.25, -0.2) is 4.39 Å². The minimum Gasteiger partial charge on any atom is -0.487 e. The van der Waals surface area contributed by atoms with Gasteiger partial charge in [0, 0.05) is 5.56 Å². The number of carbonyl (C=O) groups is 1. The van der Waals surface area contributed by atoms with Crippen LogP contribution < -0.4 is 4.74 Å². The molecule has 0 atom stereocenters. The van der Waals surface area contributed by atoms with Crippen molar-refractivity contribution in [1.82, 2.24) is 0 Å². The smallest absolute Gasteiger partial charge is 0.150 e. The van der Waals surface area contributed by atoms with Crippen molar-refractivity contribution < 1.29 is 13.9 Å². The van der Waals surface area contributed by atoms with Crippen LogP contribution in [0.25, 0.3) is 0 Å². The van der Waals surface area contributed by atoms with Crippen molar-refractivity contribution in [3.8, 4) is 5.75 Å². The molecule has 0 unspecified atom stereocenters. The number of ether oxygens (including phenoxy) is 1. The van der Waals surface area contributed by atoms with Crippen LogP contribution in [0, 0.1) is 5.82 Å². The highest BCUT2D eigenvalue weighted by molar-refractivity contribution is 6.32. The number of rotatable bonds is 4. The third-order valence-electron chi connectivity index (χ3n) is 2.47. The van der Waals surface area contributed by atoms with Crippen molar-refractivity contribution in [2.24, 2.45) is 0 Å². The average Bonchev–Trinajstić information content (AvgIpc) is 2.41. The molecule has 2 nitrogen and oxygen atoms in total. The third-order valence-corrected chi connectivity index (χ3v) is 3.07. The van der Waals surface area contributed by atoms with Crippen molar-refractivity contribution in [3.05, 3.63) is 63.4 Å². The van der Waals surface area contributed by atoms with Crippen molar-refractivity contribution in [3.63, 3.8) is 0 Å². The van der Waals surface area contributed by atoms with E-state index in [1.807, 2.05) is 0 Å². The van der Waals surface area contributed by atoms with Gasteiger partial charge < -0.3 is 4.74 Å². The fourth-order valence-corrected chi connectivity index (χ4v) is 1.86. The minimum atomic E-state index is -0.495. The van der Waals surface area contributed by atoms with E-state index < -0.39 is 5.82 Å². The van der Waals surface area contributed by atoms with Crippen LogP contribution in [0.4, 0.5) is 4.39 Å². The molecule has 0 saturated carbocycles. The molecule has 0 aromatic heterocycles. The maximum Gasteiger partial charge on any atom is 0.150 e. The summed E-state index contributed by atoms with van der Waals surface area (Å²) in [6, 6.07) is 9.13. The van der Waals surface area contributed by atoms with Gasteiger partial charge in [0.2, 0.25) is 0 Å². The molecule has 0 aliphatic heterocycles. The van der Waals surface area contributed by atoms with E-state index in [0.717, 1.165) is 0 Å². The normalized spacial score (nSPS) is 10.3. The van der Waals surface area contributed by atoms with Crippen LogP contribution in [-0.4, -0.2) is 6.29 Å².